The smallest absolute Gasteiger partial charge is 0.263 e. The summed E-state index contributed by atoms with van der Waals surface area (Å²) in [5.41, 5.74) is 5.90. The van der Waals surface area contributed by atoms with E-state index in [1.54, 1.807) is 11.8 Å². The van der Waals surface area contributed by atoms with Crippen LogP contribution in [0.15, 0.2) is 28.7 Å². The third kappa shape index (κ3) is 3.70. The number of halogens is 1. The van der Waals surface area contributed by atoms with Gasteiger partial charge < -0.3 is 15.4 Å². The van der Waals surface area contributed by atoms with Gasteiger partial charge in [-0.3, -0.25) is 4.79 Å². The lowest BCUT2D eigenvalue weighted by atomic mass is 10.1. The Morgan fingerprint density at radius 3 is 2.95 bits per heavy atom. The van der Waals surface area contributed by atoms with Crippen LogP contribution in [-0.2, 0) is 4.79 Å². The summed E-state index contributed by atoms with van der Waals surface area (Å²) in [6.07, 6.45) is 1.46. The minimum Gasteiger partial charge on any atom is -0.480 e. The SMILES string of the molecule is C[C@H](Oc1ccccc1Br)C(=O)N1CCC[C@H](N)C1. The van der Waals surface area contributed by atoms with Crippen LogP contribution >= 0.6 is 15.9 Å². The fourth-order valence-electron chi connectivity index (χ4n) is 2.25. The van der Waals surface area contributed by atoms with Gasteiger partial charge in [-0.15, -0.1) is 0 Å². The van der Waals surface area contributed by atoms with E-state index in [4.69, 9.17) is 10.5 Å². The number of hydrogen-bond acceptors (Lipinski definition) is 3. The Morgan fingerprint density at radius 1 is 1.53 bits per heavy atom. The standard InChI is InChI=1S/C14H19BrN2O2/c1-10(19-13-7-3-2-6-12(13)15)14(18)17-8-4-5-11(16)9-17/h2-3,6-7,10-11H,4-5,8-9,16H2,1H3/t10-,11-/m0/s1. The maximum Gasteiger partial charge on any atom is 0.263 e. The van der Waals surface area contributed by atoms with E-state index in [0.717, 1.165) is 23.9 Å². The molecule has 1 saturated heterocycles. The van der Waals surface area contributed by atoms with Gasteiger partial charge in [0.15, 0.2) is 6.10 Å². The van der Waals surface area contributed by atoms with Crippen LogP contribution in [0.4, 0.5) is 0 Å². The molecule has 1 fully saturated rings. The van der Waals surface area contributed by atoms with Crippen LogP contribution in [0, 0.1) is 0 Å². The number of ether oxygens (including phenoxy) is 1. The molecule has 1 aromatic carbocycles. The summed E-state index contributed by atoms with van der Waals surface area (Å²) >= 11 is 3.41. The third-order valence-electron chi connectivity index (χ3n) is 3.26. The first kappa shape index (κ1) is 14.3. The van der Waals surface area contributed by atoms with Gasteiger partial charge in [0.05, 0.1) is 4.47 Å². The van der Waals surface area contributed by atoms with Crippen LogP contribution in [0.3, 0.4) is 0 Å². The highest BCUT2D eigenvalue weighted by atomic mass is 79.9. The Kier molecular flexibility index (Phi) is 4.82. The number of nitrogens with two attached hydrogens (primary N) is 1. The highest BCUT2D eigenvalue weighted by Crippen LogP contribution is 2.25. The minimum absolute atomic E-state index is 0.00547. The fourth-order valence-corrected chi connectivity index (χ4v) is 2.63. The van der Waals surface area contributed by atoms with Crippen molar-refractivity contribution in [3.05, 3.63) is 28.7 Å². The molecule has 1 amide bonds. The molecule has 19 heavy (non-hydrogen) atoms. The van der Waals surface area contributed by atoms with Crippen molar-refractivity contribution < 1.29 is 9.53 Å². The molecule has 0 spiro atoms. The Labute approximate surface area is 122 Å². The molecule has 1 aliphatic rings. The molecule has 0 unspecified atom stereocenters. The van der Waals surface area contributed by atoms with Gasteiger partial charge in [-0.1, -0.05) is 12.1 Å². The molecule has 2 atom stereocenters. The van der Waals surface area contributed by atoms with E-state index in [-0.39, 0.29) is 11.9 Å². The van der Waals surface area contributed by atoms with Crippen LogP contribution in [-0.4, -0.2) is 36.0 Å². The van der Waals surface area contributed by atoms with E-state index in [1.807, 2.05) is 24.3 Å². The topological polar surface area (TPSA) is 55.6 Å². The lowest BCUT2D eigenvalue weighted by molar-refractivity contribution is -0.139. The number of amides is 1. The van der Waals surface area contributed by atoms with Crippen molar-refractivity contribution in [1.29, 1.82) is 0 Å². The molecule has 0 bridgehead atoms. The monoisotopic (exact) mass is 326 g/mol. The maximum absolute atomic E-state index is 12.3. The van der Waals surface area contributed by atoms with Gasteiger partial charge in [-0.25, -0.2) is 0 Å². The molecule has 2 rings (SSSR count). The average molecular weight is 327 g/mol. The fraction of sp³-hybridized carbons (Fsp3) is 0.500. The Hall–Kier alpha value is -1.07. The van der Waals surface area contributed by atoms with E-state index >= 15 is 0 Å². The van der Waals surface area contributed by atoms with E-state index in [0.29, 0.717) is 12.3 Å². The summed E-state index contributed by atoms with van der Waals surface area (Å²) in [5.74, 6) is 0.690. The first-order valence-corrected chi connectivity index (χ1v) is 7.33. The molecule has 1 heterocycles. The molecule has 4 nitrogen and oxygen atoms in total. The predicted molar refractivity (Wildman–Crippen MR) is 78.0 cm³/mol. The van der Waals surface area contributed by atoms with Gasteiger partial charge in [0.2, 0.25) is 0 Å². The number of carbonyl (C=O) groups excluding carboxylic acids is 1. The number of benzene rings is 1. The first-order chi connectivity index (χ1) is 9.08. The van der Waals surface area contributed by atoms with Crippen LogP contribution in [0.5, 0.6) is 5.75 Å². The van der Waals surface area contributed by atoms with Crippen molar-refractivity contribution in [2.75, 3.05) is 13.1 Å². The number of hydrogen-bond donors (Lipinski definition) is 1. The molecule has 1 aliphatic heterocycles. The largest absolute Gasteiger partial charge is 0.480 e. The normalized spacial score (nSPS) is 21.0. The molecule has 0 aliphatic carbocycles. The number of rotatable bonds is 3. The summed E-state index contributed by atoms with van der Waals surface area (Å²) in [4.78, 5) is 14.1. The van der Waals surface area contributed by atoms with Crippen molar-refractivity contribution in [1.82, 2.24) is 4.90 Å². The molecule has 0 saturated carbocycles. The van der Waals surface area contributed by atoms with E-state index < -0.39 is 6.10 Å². The second-order valence-corrected chi connectivity index (χ2v) is 5.73. The Morgan fingerprint density at radius 2 is 2.26 bits per heavy atom. The number of nitrogens with zero attached hydrogens (tertiary/aromatic N) is 1. The highest BCUT2D eigenvalue weighted by molar-refractivity contribution is 9.10. The number of piperidine rings is 1. The maximum atomic E-state index is 12.3. The summed E-state index contributed by atoms with van der Waals surface area (Å²) in [7, 11) is 0. The summed E-state index contributed by atoms with van der Waals surface area (Å²) in [6, 6.07) is 7.62. The number of carbonyl (C=O) groups is 1. The van der Waals surface area contributed by atoms with Crippen LogP contribution < -0.4 is 10.5 Å². The average Bonchev–Trinajstić information content (AvgIpc) is 2.40. The van der Waals surface area contributed by atoms with Gasteiger partial charge in [0, 0.05) is 19.1 Å². The molecular weight excluding hydrogens is 308 g/mol. The highest BCUT2D eigenvalue weighted by Gasteiger charge is 2.26. The van der Waals surface area contributed by atoms with Crippen molar-refractivity contribution in [2.24, 2.45) is 5.73 Å². The predicted octanol–water partition coefficient (Wildman–Crippen LogP) is 2.17. The molecule has 0 aromatic heterocycles. The lowest BCUT2D eigenvalue weighted by Crippen LogP contribution is -2.49. The summed E-state index contributed by atoms with van der Waals surface area (Å²) < 4.78 is 6.57. The molecule has 104 valence electrons. The second-order valence-electron chi connectivity index (χ2n) is 4.88. The van der Waals surface area contributed by atoms with Gasteiger partial charge in [0.1, 0.15) is 5.75 Å². The van der Waals surface area contributed by atoms with Gasteiger partial charge in [0.25, 0.3) is 5.91 Å². The molecule has 1 aromatic rings. The van der Waals surface area contributed by atoms with Crippen LogP contribution in [0.1, 0.15) is 19.8 Å². The first-order valence-electron chi connectivity index (χ1n) is 6.53. The van der Waals surface area contributed by atoms with E-state index in [2.05, 4.69) is 15.9 Å². The van der Waals surface area contributed by atoms with Crippen molar-refractivity contribution in [3.63, 3.8) is 0 Å². The number of para-hydroxylation sites is 1. The molecular formula is C14H19BrN2O2. The van der Waals surface area contributed by atoms with E-state index in [1.165, 1.54) is 0 Å². The minimum atomic E-state index is -0.496. The summed E-state index contributed by atoms with van der Waals surface area (Å²) in [5, 5.41) is 0. The van der Waals surface area contributed by atoms with Gasteiger partial charge in [-0.05, 0) is 47.8 Å². The second kappa shape index (κ2) is 6.39. The van der Waals surface area contributed by atoms with Crippen LogP contribution in [0.2, 0.25) is 0 Å². The van der Waals surface area contributed by atoms with E-state index in [9.17, 15) is 4.79 Å². The zero-order valence-electron chi connectivity index (χ0n) is 11.0. The molecule has 5 heteroatoms. The molecule has 0 radical (unpaired) electrons. The summed E-state index contributed by atoms with van der Waals surface area (Å²) in [6.45, 7) is 3.18. The zero-order chi connectivity index (χ0) is 13.8. The Balaban J connectivity index is 1.97. The van der Waals surface area contributed by atoms with Gasteiger partial charge in [-0.2, -0.15) is 0 Å². The lowest BCUT2D eigenvalue weighted by Gasteiger charge is -2.32. The van der Waals surface area contributed by atoms with Crippen LogP contribution in [0.25, 0.3) is 0 Å². The zero-order valence-corrected chi connectivity index (χ0v) is 12.6. The van der Waals surface area contributed by atoms with Gasteiger partial charge >= 0.3 is 0 Å². The molecule has 2 N–H and O–H groups in total. The van der Waals surface area contributed by atoms with Crippen molar-refractivity contribution in [3.8, 4) is 5.75 Å². The number of likely N-dealkylation sites (tertiary alicyclic amines) is 1. The quantitative estimate of drug-likeness (QED) is 0.926. The Bertz CT molecular complexity index is 453. The van der Waals surface area contributed by atoms with Crippen molar-refractivity contribution in [2.45, 2.75) is 31.9 Å². The third-order valence-corrected chi connectivity index (χ3v) is 3.91. The van der Waals surface area contributed by atoms with Crippen molar-refractivity contribution >= 4 is 21.8 Å².